The SMILES string of the molecule is CNCC(C)NCc1cc2c(s1)CCC2. The minimum absolute atomic E-state index is 0.548. The van der Waals surface area contributed by atoms with Crippen LogP contribution in [0.15, 0.2) is 6.07 Å². The fraction of sp³-hybridized carbons (Fsp3) is 0.667. The molecule has 1 atom stereocenters. The summed E-state index contributed by atoms with van der Waals surface area (Å²) in [4.78, 5) is 3.13. The van der Waals surface area contributed by atoms with Gasteiger partial charge in [0.1, 0.15) is 0 Å². The van der Waals surface area contributed by atoms with E-state index in [1.807, 2.05) is 18.4 Å². The predicted octanol–water partition coefficient (Wildman–Crippen LogP) is 1.93. The second-order valence-corrected chi connectivity index (χ2v) is 5.58. The molecule has 0 fully saturated rings. The van der Waals surface area contributed by atoms with Crippen molar-refractivity contribution in [2.24, 2.45) is 0 Å². The molecule has 0 radical (unpaired) electrons. The van der Waals surface area contributed by atoms with Crippen LogP contribution in [0, 0.1) is 0 Å². The molecule has 2 N–H and O–H groups in total. The van der Waals surface area contributed by atoms with Crippen molar-refractivity contribution < 1.29 is 0 Å². The van der Waals surface area contributed by atoms with E-state index in [-0.39, 0.29) is 0 Å². The summed E-state index contributed by atoms with van der Waals surface area (Å²) >= 11 is 2.00. The van der Waals surface area contributed by atoms with Crippen LogP contribution in [0.4, 0.5) is 0 Å². The molecular weight excluding hydrogens is 204 g/mol. The van der Waals surface area contributed by atoms with E-state index in [1.165, 1.54) is 24.1 Å². The molecular formula is C12H20N2S. The first-order chi connectivity index (χ1) is 7.29. The molecule has 1 aromatic heterocycles. The van der Waals surface area contributed by atoms with Crippen LogP contribution in [-0.4, -0.2) is 19.6 Å². The van der Waals surface area contributed by atoms with Gasteiger partial charge in [-0.2, -0.15) is 0 Å². The van der Waals surface area contributed by atoms with Gasteiger partial charge < -0.3 is 10.6 Å². The maximum Gasteiger partial charge on any atom is 0.0302 e. The molecule has 0 aliphatic heterocycles. The summed E-state index contributed by atoms with van der Waals surface area (Å²) in [5.74, 6) is 0. The number of rotatable bonds is 5. The standard InChI is InChI=1S/C12H20N2S/c1-9(7-13-2)14-8-11-6-10-4-3-5-12(10)15-11/h6,9,13-14H,3-5,7-8H2,1-2H3. The van der Waals surface area contributed by atoms with E-state index < -0.39 is 0 Å². The molecule has 1 aliphatic carbocycles. The molecule has 15 heavy (non-hydrogen) atoms. The lowest BCUT2D eigenvalue weighted by Crippen LogP contribution is -2.34. The molecule has 1 aromatic rings. The summed E-state index contributed by atoms with van der Waals surface area (Å²) in [7, 11) is 2.00. The van der Waals surface area contributed by atoms with Crippen molar-refractivity contribution in [3.63, 3.8) is 0 Å². The maximum absolute atomic E-state index is 3.54. The highest BCUT2D eigenvalue weighted by molar-refractivity contribution is 7.12. The Morgan fingerprint density at radius 1 is 1.47 bits per heavy atom. The van der Waals surface area contributed by atoms with Gasteiger partial charge in [-0.3, -0.25) is 0 Å². The van der Waals surface area contributed by atoms with Gasteiger partial charge in [0.25, 0.3) is 0 Å². The Morgan fingerprint density at radius 2 is 2.33 bits per heavy atom. The molecule has 1 unspecified atom stereocenters. The molecule has 2 rings (SSSR count). The van der Waals surface area contributed by atoms with E-state index in [9.17, 15) is 0 Å². The van der Waals surface area contributed by atoms with Crippen molar-refractivity contribution in [3.05, 3.63) is 21.4 Å². The van der Waals surface area contributed by atoms with Crippen LogP contribution in [0.5, 0.6) is 0 Å². The summed E-state index contributed by atoms with van der Waals surface area (Å²) < 4.78 is 0. The average Bonchev–Trinajstić information content (AvgIpc) is 2.74. The van der Waals surface area contributed by atoms with Gasteiger partial charge in [0.15, 0.2) is 0 Å². The zero-order valence-electron chi connectivity index (χ0n) is 9.60. The van der Waals surface area contributed by atoms with Crippen molar-refractivity contribution in [3.8, 4) is 0 Å². The number of hydrogen-bond donors (Lipinski definition) is 2. The minimum Gasteiger partial charge on any atom is -0.318 e. The number of nitrogens with one attached hydrogen (secondary N) is 2. The first kappa shape index (κ1) is 11.1. The van der Waals surface area contributed by atoms with Gasteiger partial charge >= 0.3 is 0 Å². The zero-order valence-corrected chi connectivity index (χ0v) is 10.4. The van der Waals surface area contributed by atoms with Crippen LogP contribution in [0.3, 0.4) is 0 Å². The Balaban J connectivity index is 1.83. The lowest BCUT2D eigenvalue weighted by Gasteiger charge is -2.11. The number of aryl methyl sites for hydroxylation is 2. The molecule has 0 spiro atoms. The van der Waals surface area contributed by atoms with Crippen molar-refractivity contribution in [2.75, 3.05) is 13.6 Å². The monoisotopic (exact) mass is 224 g/mol. The summed E-state index contributed by atoms with van der Waals surface area (Å²) in [5.41, 5.74) is 1.61. The number of likely N-dealkylation sites (N-methyl/N-ethyl adjacent to an activating group) is 1. The third-order valence-electron chi connectivity index (χ3n) is 2.93. The average molecular weight is 224 g/mol. The lowest BCUT2D eigenvalue weighted by atomic mass is 10.2. The summed E-state index contributed by atoms with van der Waals surface area (Å²) in [5, 5.41) is 6.72. The van der Waals surface area contributed by atoms with Crippen molar-refractivity contribution in [1.82, 2.24) is 10.6 Å². The molecule has 1 aliphatic rings. The molecule has 0 saturated heterocycles. The maximum atomic E-state index is 3.54. The molecule has 0 bridgehead atoms. The van der Waals surface area contributed by atoms with Gasteiger partial charge in [-0.25, -0.2) is 0 Å². The van der Waals surface area contributed by atoms with E-state index in [2.05, 4.69) is 23.6 Å². The third-order valence-corrected chi connectivity index (χ3v) is 4.17. The van der Waals surface area contributed by atoms with E-state index in [0.29, 0.717) is 6.04 Å². The molecule has 0 amide bonds. The summed E-state index contributed by atoms with van der Waals surface area (Å²) in [6.07, 6.45) is 3.98. The Kier molecular flexibility index (Phi) is 3.78. The van der Waals surface area contributed by atoms with Crippen molar-refractivity contribution >= 4 is 11.3 Å². The smallest absolute Gasteiger partial charge is 0.0302 e. The second-order valence-electron chi connectivity index (χ2n) is 4.35. The molecule has 2 nitrogen and oxygen atoms in total. The topological polar surface area (TPSA) is 24.1 Å². The van der Waals surface area contributed by atoms with Gasteiger partial charge in [-0.1, -0.05) is 0 Å². The normalized spacial score (nSPS) is 16.7. The van der Waals surface area contributed by atoms with E-state index in [0.717, 1.165) is 13.1 Å². The Hall–Kier alpha value is -0.380. The molecule has 0 saturated carbocycles. The highest BCUT2D eigenvalue weighted by Gasteiger charge is 2.14. The highest BCUT2D eigenvalue weighted by Crippen LogP contribution is 2.30. The van der Waals surface area contributed by atoms with Crippen LogP contribution in [0.25, 0.3) is 0 Å². The van der Waals surface area contributed by atoms with Crippen molar-refractivity contribution in [2.45, 2.75) is 38.8 Å². The van der Waals surface area contributed by atoms with Crippen LogP contribution in [0.1, 0.15) is 28.7 Å². The van der Waals surface area contributed by atoms with Crippen LogP contribution < -0.4 is 10.6 Å². The molecule has 84 valence electrons. The minimum atomic E-state index is 0.548. The number of thiophene rings is 1. The van der Waals surface area contributed by atoms with Crippen LogP contribution in [-0.2, 0) is 19.4 Å². The fourth-order valence-electron chi connectivity index (χ4n) is 2.13. The Morgan fingerprint density at radius 3 is 3.07 bits per heavy atom. The van der Waals surface area contributed by atoms with Gasteiger partial charge in [-0.15, -0.1) is 11.3 Å². The summed E-state index contributed by atoms with van der Waals surface area (Å²) in [6, 6.07) is 2.94. The Labute approximate surface area is 96.1 Å². The highest BCUT2D eigenvalue weighted by atomic mass is 32.1. The van der Waals surface area contributed by atoms with Crippen molar-refractivity contribution in [1.29, 1.82) is 0 Å². The third kappa shape index (κ3) is 2.80. The van der Waals surface area contributed by atoms with Gasteiger partial charge in [-0.05, 0) is 44.9 Å². The second kappa shape index (κ2) is 5.10. The van der Waals surface area contributed by atoms with Gasteiger partial charge in [0.05, 0.1) is 0 Å². The first-order valence-electron chi connectivity index (χ1n) is 5.78. The van der Waals surface area contributed by atoms with Crippen LogP contribution >= 0.6 is 11.3 Å². The van der Waals surface area contributed by atoms with E-state index in [1.54, 1.807) is 10.4 Å². The van der Waals surface area contributed by atoms with E-state index in [4.69, 9.17) is 0 Å². The number of fused-ring (bicyclic) bond motifs is 1. The molecule has 0 aromatic carbocycles. The lowest BCUT2D eigenvalue weighted by molar-refractivity contribution is 0.525. The van der Waals surface area contributed by atoms with Crippen LogP contribution in [0.2, 0.25) is 0 Å². The Bertz CT molecular complexity index is 298. The van der Waals surface area contributed by atoms with Gasteiger partial charge in [0, 0.05) is 28.9 Å². The molecule has 1 heterocycles. The molecule has 3 heteroatoms. The quantitative estimate of drug-likeness (QED) is 0.798. The number of hydrogen-bond acceptors (Lipinski definition) is 3. The largest absolute Gasteiger partial charge is 0.318 e. The zero-order chi connectivity index (χ0) is 10.7. The fourth-order valence-corrected chi connectivity index (χ4v) is 3.34. The summed E-state index contributed by atoms with van der Waals surface area (Å²) in [6.45, 7) is 4.28. The van der Waals surface area contributed by atoms with Gasteiger partial charge in [0.2, 0.25) is 0 Å². The first-order valence-corrected chi connectivity index (χ1v) is 6.59. The predicted molar refractivity (Wildman–Crippen MR) is 66.6 cm³/mol. The van der Waals surface area contributed by atoms with E-state index >= 15 is 0 Å².